The van der Waals surface area contributed by atoms with Crippen molar-refractivity contribution in [2.75, 3.05) is 29.9 Å². The van der Waals surface area contributed by atoms with E-state index in [1.54, 1.807) is 6.92 Å². The van der Waals surface area contributed by atoms with Gasteiger partial charge >= 0.3 is 0 Å². The number of piperidine rings is 1. The third-order valence-corrected chi connectivity index (χ3v) is 5.58. The standard InChI is InChI=1S/C23H27N3O/c1-17(27)26-16-21-8-9-22(25-15-18-10-12-24-13-11-18)14-20(21)7-6-19-4-2-3-5-23(19)26/h2-9,14,18,24-25H,10-13,15-16H2,1H3/b7-6-. The predicted octanol–water partition coefficient (Wildman–Crippen LogP) is 4.14. The van der Waals surface area contributed by atoms with Crippen LogP contribution in [0.2, 0.25) is 0 Å². The van der Waals surface area contributed by atoms with Gasteiger partial charge in [0.2, 0.25) is 5.91 Å². The van der Waals surface area contributed by atoms with Crippen molar-refractivity contribution < 1.29 is 4.79 Å². The molecule has 0 atom stereocenters. The number of nitrogens with one attached hydrogen (secondary N) is 2. The fraction of sp³-hybridized carbons (Fsp3) is 0.348. The van der Waals surface area contributed by atoms with E-state index in [4.69, 9.17) is 0 Å². The fourth-order valence-corrected chi connectivity index (χ4v) is 3.94. The third kappa shape index (κ3) is 4.06. The topological polar surface area (TPSA) is 44.4 Å². The largest absolute Gasteiger partial charge is 0.385 e. The molecule has 0 aromatic heterocycles. The highest BCUT2D eigenvalue weighted by molar-refractivity contribution is 5.95. The second kappa shape index (κ2) is 7.97. The second-order valence-electron chi connectivity index (χ2n) is 7.49. The van der Waals surface area contributed by atoms with Gasteiger partial charge in [0.05, 0.1) is 12.2 Å². The normalized spacial score (nSPS) is 18.0. The lowest BCUT2D eigenvalue weighted by atomic mass is 9.97. The van der Waals surface area contributed by atoms with Crippen LogP contribution in [0.4, 0.5) is 11.4 Å². The van der Waals surface area contributed by atoms with Gasteiger partial charge in [-0.1, -0.05) is 36.4 Å². The molecule has 2 heterocycles. The number of para-hydroxylation sites is 1. The second-order valence-corrected chi connectivity index (χ2v) is 7.49. The van der Waals surface area contributed by atoms with Crippen LogP contribution in [0.3, 0.4) is 0 Å². The molecule has 0 spiro atoms. The van der Waals surface area contributed by atoms with Gasteiger partial charge in [0.1, 0.15) is 0 Å². The molecule has 2 aromatic rings. The van der Waals surface area contributed by atoms with Crippen LogP contribution in [-0.4, -0.2) is 25.5 Å². The SMILES string of the molecule is CC(=O)N1Cc2ccc(NCC3CCNCC3)cc2/C=C\c2ccccc21. The highest BCUT2D eigenvalue weighted by Gasteiger charge is 2.18. The molecule has 140 valence electrons. The van der Waals surface area contributed by atoms with Crippen LogP contribution >= 0.6 is 0 Å². The number of amides is 1. The minimum Gasteiger partial charge on any atom is -0.385 e. The molecule has 2 aromatic carbocycles. The molecule has 4 nitrogen and oxygen atoms in total. The van der Waals surface area contributed by atoms with Crippen LogP contribution in [0.1, 0.15) is 36.5 Å². The highest BCUT2D eigenvalue weighted by atomic mass is 16.2. The van der Waals surface area contributed by atoms with Crippen molar-refractivity contribution in [2.24, 2.45) is 5.92 Å². The summed E-state index contributed by atoms with van der Waals surface area (Å²) in [6.45, 7) is 5.50. The number of carbonyl (C=O) groups excluding carboxylic acids is 1. The maximum Gasteiger partial charge on any atom is 0.224 e. The number of benzene rings is 2. The third-order valence-electron chi connectivity index (χ3n) is 5.58. The lowest BCUT2D eigenvalue weighted by Crippen LogP contribution is -2.31. The molecule has 0 unspecified atom stereocenters. The van der Waals surface area contributed by atoms with Gasteiger partial charge in [0, 0.05) is 19.2 Å². The molecule has 2 N–H and O–H groups in total. The van der Waals surface area contributed by atoms with Crippen LogP contribution in [0.15, 0.2) is 42.5 Å². The van der Waals surface area contributed by atoms with Gasteiger partial charge in [-0.25, -0.2) is 0 Å². The van der Waals surface area contributed by atoms with E-state index in [0.717, 1.165) is 42.5 Å². The number of anilines is 2. The Bertz CT molecular complexity index is 852. The average Bonchev–Trinajstić information content (AvgIpc) is 2.69. The van der Waals surface area contributed by atoms with Crippen molar-refractivity contribution in [3.05, 3.63) is 59.2 Å². The maximum absolute atomic E-state index is 12.3. The zero-order valence-corrected chi connectivity index (χ0v) is 15.9. The molecule has 0 saturated carbocycles. The number of rotatable bonds is 3. The Kier molecular flexibility index (Phi) is 5.26. The van der Waals surface area contributed by atoms with E-state index >= 15 is 0 Å². The molecule has 1 saturated heterocycles. The predicted molar refractivity (Wildman–Crippen MR) is 113 cm³/mol. The summed E-state index contributed by atoms with van der Waals surface area (Å²) < 4.78 is 0. The number of carbonyl (C=O) groups is 1. The Hall–Kier alpha value is -2.59. The Morgan fingerprint density at radius 1 is 1.11 bits per heavy atom. The van der Waals surface area contributed by atoms with Gasteiger partial charge in [-0.15, -0.1) is 0 Å². The molecule has 0 radical (unpaired) electrons. The molecular weight excluding hydrogens is 334 g/mol. The summed E-state index contributed by atoms with van der Waals surface area (Å²) in [6, 6.07) is 14.6. The summed E-state index contributed by atoms with van der Waals surface area (Å²) in [5, 5.41) is 7.03. The van der Waals surface area contributed by atoms with Gasteiger partial charge < -0.3 is 15.5 Å². The number of fused-ring (bicyclic) bond motifs is 2. The van der Waals surface area contributed by atoms with Crippen molar-refractivity contribution >= 4 is 29.4 Å². The van der Waals surface area contributed by atoms with Gasteiger partial charge in [-0.3, -0.25) is 4.79 Å². The Morgan fingerprint density at radius 3 is 2.70 bits per heavy atom. The molecule has 1 amide bonds. The molecule has 27 heavy (non-hydrogen) atoms. The van der Waals surface area contributed by atoms with Gasteiger partial charge in [-0.2, -0.15) is 0 Å². The van der Waals surface area contributed by atoms with Gasteiger partial charge in [-0.05, 0) is 66.7 Å². The van der Waals surface area contributed by atoms with Crippen LogP contribution < -0.4 is 15.5 Å². The first-order valence-corrected chi connectivity index (χ1v) is 9.83. The minimum absolute atomic E-state index is 0.0665. The minimum atomic E-state index is 0.0665. The first-order chi connectivity index (χ1) is 13.2. The van der Waals surface area contributed by atoms with E-state index in [1.807, 2.05) is 23.1 Å². The van der Waals surface area contributed by atoms with E-state index in [-0.39, 0.29) is 5.91 Å². The van der Waals surface area contributed by atoms with Gasteiger partial charge in [0.25, 0.3) is 0 Å². The zero-order chi connectivity index (χ0) is 18.6. The first kappa shape index (κ1) is 17.8. The Morgan fingerprint density at radius 2 is 1.89 bits per heavy atom. The lowest BCUT2D eigenvalue weighted by molar-refractivity contribution is -0.116. The molecule has 4 heteroatoms. The highest BCUT2D eigenvalue weighted by Crippen LogP contribution is 2.30. The van der Waals surface area contributed by atoms with Crippen molar-refractivity contribution in [1.82, 2.24) is 5.32 Å². The van der Waals surface area contributed by atoms with Crippen LogP contribution in [0, 0.1) is 5.92 Å². The Labute approximate surface area is 161 Å². The van der Waals surface area contributed by atoms with Crippen LogP contribution in [0.5, 0.6) is 0 Å². The van der Waals surface area contributed by atoms with E-state index in [1.165, 1.54) is 24.0 Å². The molecule has 0 bridgehead atoms. The lowest BCUT2D eigenvalue weighted by Gasteiger charge is -2.26. The first-order valence-electron chi connectivity index (χ1n) is 9.83. The van der Waals surface area contributed by atoms with E-state index < -0.39 is 0 Å². The van der Waals surface area contributed by atoms with Crippen molar-refractivity contribution in [3.8, 4) is 0 Å². The van der Waals surface area contributed by atoms with E-state index in [2.05, 4.69) is 47.1 Å². The summed E-state index contributed by atoms with van der Waals surface area (Å²) >= 11 is 0. The maximum atomic E-state index is 12.3. The quantitative estimate of drug-likeness (QED) is 0.864. The summed E-state index contributed by atoms with van der Waals surface area (Å²) in [7, 11) is 0. The molecule has 0 aliphatic carbocycles. The molecular formula is C23H27N3O. The summed E-state index contributed by atoms with van der Waals surface area (Å²) in [5.41, 5.74) is 5.54. The molecule has 4 rings (SSSR count). The Balaban J connectivity index is 1.58. The van der Waals surface area contributed by atoms with Crippen LogP contribution in [-0.2, 0) is 11.3 Å². The number of nitrogens with zero attached hydrogens (tertiary/aromatic N) is 1. The summed E-state index contributed by atoms with van der Waals surface area (Å²) in [6.07, 6.45) is 6.76. The van der Waals surface area contributed by atoms with Crippen molar-refractivity contribution in [3.63, 3.8) is 0 Å². The fourth-order valence-electron chi connectivity index (χ4n) is 3.94. The molecule has 2 aliphatic heterocycles. The average molecular weight is 361 g/mol. The molecule has 1 fully saturated rings. The van der Waals surface area contributed by atoms with Crippen LogP contribution in [0.25, 0.3) is 12.2 Å². The van der Waals surface area contributed by atoms with Gasteiger partial charge in [0.15, 0.2) is 0 Å². The number of hydrogen-bond acceptors (Lipinski definition) is 3. The van der Waals surface area contributed by atoms with Crippen molar-refractivity contribution in [1.29, 1.82) is 0 Å². The summed E-state index contributed by atoms with van der Waals surface area (Å²) in [5.74, 6) is 0.806. The summed E-state index contributed by atoms with van der Waals surface area (Å²) in [4.78, 5) is 14.1. The van der Waals surface area contributed by atoms with E-state index in [0.29, 0.717) is 6.54 Å². The van der Waals surface area contributed by atoms with E-state index in [9.17, 15) is 4.79 Å². The monoisotopic (exact) mass is 361 g/mol. The smallest absolute Gasteiger partial charge is 0.224 e. The zero-order valence-electron chi connectivity index (χ0n) is 15.9. The van der Waals surface area contributed by atoms with Crippen molar-refractivity contribution in [2.45, 2.75) is 26.3 Å². The number of hydrogen-bond donors (Lipinski definition) is 2. The molecule has 2 aliphatic rings.